The molecule has 54 valence electrons. The van der Waals surface area contributed by atoms with E-state index < -0.39 is 0 Å². The Balaban J connectivity index is 2.75. The number of aromatic nitrogens is 1. The largest absolute Gasteiger partial charge is 0.314 e. The van der Waals surface area contributed by atoms with Gasteiger partial charge in [0.1, 0.15) is 5.82 Å². The average molecular weight is 140 g/mol. The summed E-state index contributed by atoms with van der Waals surface area (Å²) in [4.78, 5) is 3.93. The van der Waals surface area contributed by atoms with Gasteiger partial charge in [-0.25, -0.2) is 4.39 Å². The van der Waals surface area contributed by atoms with Crippen LogP contribution >= 0.6 is 0 Å². The van der Waals surface area contributed by atoms with Crippen LogP contribution in [0.25, 0.3) is 0 Å². The van der Waals surface area contributed by atoms with E-state index in [1.54, 1.807) is 7.05 Å². The molecule has 0 bridgehead atoms. The predicted molar refractivity (Wildman–Crippen MR) is 37.0 cm³/mol. The predicted octanol–water partition coefficient (Wildman–Crippen LogP) is 0.940. The summed E-state index contributed by atoms with van der Waals surface area (Å²) in [5, 5.41) is 2.88. The second-order valence-corrected chi connectivity index (χ2v) is 2.00. The zero-order chi connectivity index (χ0) is 7.40. The van der Waals surface area contributed by atoms with Crippen molar-refractivity contribution < 1.29 is 4.39 Å². The molecule has 0 aliphatic rings. The Bertz CT molecular complexity index is 213. The molecule has 0 amide bonds. The Morgan fingerprint density at radius 2 is 2.50 bits per heavy atom. The molecule has 10 heavy (non-hydrogen) atoms. The van der Waals surface area contributed by atoms with Crippen molar-refractivity contribution in [2.45, 2.75) is 6.54 Å². The normalized spacial score (nSPS) is 9.80. The molecular weight excluding hydrogens is 131 g/mol. The first-order valence-electron chi connectivity index (χ1n) is 3.08. The second-order valence-electron chi connectivity index (χ2n) is 2.00. The minimum atomic E-state index is -0.236. The molecule has 1 aromatic rings. The summed E-state index contributed by atoms with van der Waals surface area (Å²) in [7, 11) is 1.80. The van der Waals surface area contributed by atoms with E-state index in [1.165, 1.54) is 18.3 Å². The van der Waals surface area contributed by atoms with Crippen molar-refractivity contribution in [3.63, 3.8) is 0 Å². The first kappa shape index (κ1) is 7.15. The first-order valence-corrected chi connectivity index (χ1v) is 3.08. The van der Waals surface area contributed by atoms with Crippen molar-refractivity contribution in [3.8, 4) is 0 Å². The van der Waals surface area contributed by atoms with Crippen LogP contribution in [0, 0.1) is 5.82 Å². The molecule has 1 N–H and O–H groups in total. The number of nitrogens with one attached hydrogen (secondary N) is 1. The van der Waals surface area contributed by atoms with E-state index in [9.17, 15) is 4.39 Å². The van der Waals surface area contributed by atoms with E-state index >= 15 is 0 Å². The van der Waals surface area contributed by atoms with E-state index in [4.69, 9.17) is 0 Å². The molecule has 1 heterocycles. The highest BCUT2D eigenvalue weighted by atomic mass is 19.1. The molecule has 2 nitrogen and oxygen atoms in total. The Kier molecular flexibility index (Phi) is 2.34. The summed E-state index contributed by atoms with van der Waals surface area (Å²) >= 11 is 0. The zero-order valence-electron chi connectivity index (χ0n) is 5.76. The lowest BCUT2D eigenvalue weighted by atomic mass is 10.3. The minimum Gasteiger partial charge on any atom is -0.314 e. The van der Waals surface area contributed by atoms with Crippen LogP contribution in [-0.2, 0) is 6.54 Å². The summed E-state index contributed by atoms with van der Waals surface area (Å²) in [6.45, 7) is 0.609. The monoisotopic (exact) mass is 140 g/mol. The molecule has 0 saturated heterocycles. The third kappa shape index (κ3) is 1.77. The number of pyridine rings is 1. The number of halogens is 1. The standard InChI is InChI=1S/C7H9FN2/c1-9-5-7-4-6(8)2-3-10-7/h2-4,9H,5H2,1H3. The number of nitrogens with zero attached hydrogens (tertiary/aromatic N) is 1. The van der Waals surface area contributed by atoms with Gasteiger partial charge in [-0.3, -0.25) is 4.98 Å². The molecule has 0 spiro atoms. The van der Waals surface area contributed by atoms with Gasteiger partial charge in [-0.1, -0.05) is 0 Å². The maximum absolute atomic E-state index is 12.4. The second kappa shape index (κ2) is 3.27. The quantitative estimate of drug-likeness (QED) is 0.661. The van der Waals surface area contributed by atoms with Crippen LogP contribution in [0.15, 0.2) is 18.3 Å². The first-order chi connectivity index (χ1) is 4.83. The van der Waals surface area contributed by atoms with Crippen molar-refractivity contribution in [2.24, 2.45) is 0 Å². The van der Waals surface area contributed by atoms with Gasteiger partial charge < -0.3 is 5.32 Å². The summed E-state index contributed by atoms with van der Waals surface area (Å²) in [6.07, 6.45) is 1.46. The third-order valence-electron chi connectivity index (χ3n) is 1.14. The van der Waals surface area contributed by atoms with Crippen LogP contribution in [0.4, 0.5) is 4.39 Å². The minimum absolute atomic E-state index is 0.236. The molecule has 0 atom stereocenters. The van der Waals surface area contributed by atoms with Gasteiger partial charge in [-0.15, -0.1) is 0 Å². The average Bonchev–Trinajstić information content (AvgIpc) is 1.88. The van der Waals surface area contributed by atoms with Crippen LogP contribution in [0.3, 0.4) is 0 Å². The molecule has 0 aliphatic heterocycles. The van der Waals surface area contributed by atoms with Gasteiger partial charge in [0.2, 0.25) is 0 Å². The summed E-state index contributed by atoms with van der Waals surface area (Å²) in [5.41, 5.74) is 0.725. The fourth-order valence-electron chi connectivity index (χ4n) is 0.727. The molecule has 0 aromatic carbocycles. The van der Waals surface area contributed by atoms with Crippen LogP contribution in [-0.4, -0.2) is 12.0 Å². The molecule has 0 radical (unpaired) electrons. The molecule has 3 heteroatoms. The van der Waals surface area contributed by atoms with E-state index in [2.05, 4.69) is 10.3 Å². The molecule has 1 rings (SSSR count). The van der Waals surface area contributed by atoms with Gasteiger partial charge in [-0.2, -0.15) is 0 Å². The molecule has 0 aliphatic carbocycles. The van der Waals surface area contributed by atoms with Crippen molar-refractivity contribution in [3.05, 3.63) is 29.8 Å². The Morgan fingerprint density at radius 3 is 3.10 bits per heavy atom. The third-order valence-corrected chi connectivity index (χ3v) is 1.14. The van der Waals surface area contributed by atoms with Crippen molar-refractivity contribution in [2.75, 3.05) is 7.05 Å². The van der Waals surface area contributed by atoms with Gasteiger partial charge in [0.25, 0.3) is 0 Å². The van der Waals surface area contributed by atoms with Crippen LogP contribution in [0.2, 0.25) is 0 Å². The summed E-state index contributed by atoms with van der Waals surface area (Å²) < 4.78 is 12.4. The molecule has 0 unspecified atom stereocenters. The lowest BCUT2D eigenvalue weighted by molar-refractivity contribution is 0.619. The number of hydrogen-bond acceptors (Lipinski definition) is 2. The van der Waals surface area contributed by atoms with E-state index in [0.717, 1.165) is 5.69 Å². The number of hydrogen-bond donors (Lipinski definition) is 1. The highest BCUT2D eigenvalue weighted by molar-refractivity contribution is 5.05. The highest BCUT2D eigenvalue weighted by Gasteiger charge is 1.92. The smallest absolute Gasteiger partial charge is 0.126 e. The molecular formula is C7H9FN2. The summed E-state index contributed by atoms with van der Waals surface area (Å²) in [5.74, 6) is -0.236. The van der Waals surface area contributed by atoms with Crippen molar-refractivity contribution >= 4 is 0 Å². The highest BCUT2D eigenvalue weighted by Crippen LogP contribution is 1.97. The van der Waals surface area contributed by atoms with Gasteiger partial charge >= 0.3 is 0 Å². The van der Waals surface area contributed by atoms with Gasteiger partial charge in [-0.05, 0) is 19.2 Å². The Labute approximate surface area is 59.1 Å². The molecule has 1 aromatic heterocycles. The SMILES string of the molecule is CNCc1cc(F)ccn1. The van der Waals surface area contributed by atoms with E-state index in [1.807, 2.05) is 0 Å². The van der Waals surface area contributed by atoms with Crippen molar-refractivity contribution in [1.82, 2.24) is 10.3 Å². The van der Waals surface area contributed by atoms with Crippen molar-refractivity contribution in [1.29, 1.82) is 0 Å². The zero-order valence-corrected chi connectivity index (χ0v) is 5.76. The molecule has 0 saturated carbocycles. The maximum Gasteiger partial charge on any atom is 0.126 e. The van der Waals surface area contributed by atoms with Crippen LogP contribution < -0.4 is 5.32 Å². The topological polar surface area (TPSA) is 24.9 Å². The number of rotatable bonds is 2. The van der Waals surface area contributed by atoms with Gasteiger partial charge in [0, 0.05) is 12.7 Å². The fraction of sp³-hybridized carbons (Fsp3) is 0.286. The fourth-order valence-corrected chi connectivity index (χ4v) is 0.727. The Morgan fingerprint density at radius 1 is 1.70 bits per heavy atom. The van der Waals surface area contributed by atoms with E-state index in [-0.39, 0.29) is 5.82 Å². The van der Waals surface area contributed by atoms with E-state index in [0.29, 0.717) is 6.54 Å². The maximum atomic E-state index is 12.4. The lowest BCUT2D eigenvalue weighted by Crippen LogP contribution is -2.06. The lowest BCUT2D eigenvalue weighted by Gasteiger charge is -1.96. The summed E-state index contributed by atoms with van der Waals surface area (Å²) in [6, 6.07) is 2.75. The van der Waals surface area contributed by atoms with Gasteiger partial charge in [0.15, 0.2) is 0 Å². The van der Waals surface area contributed by atoms with Crippen LogP contribution in [0.1, 0.15) is 5.69 Å². The molecule has 0 fully saturated rings. The Hall–Kier alpha value is -0.960. The van der Waals surface area contributed by atoms with Gasteiger partial charge in [0.05, 0.1) is 5.69 Å². The van der Waals surface area contributed by atoms with Crippen LogP contribution in [0.5, 0.6) is 0 Å².